The third kappa shape index (κ3) is 4.09. The fourth-order valence-electron chi connectivity index (χ4n) is 1.98. The monoisotopic (exact) mass is 369 g/mol. The van der Waals surface area contributed by atoms with Crippen LogP contribution in [0, 0.1) is 0 Å². The van der Waals surface area contributed by atoms with Crippen molar-refractivity contribution >= 4 is 16.2 Å². The zero-order valence-corrected chi connectivity index (χ0v) is 13.3. The molecule has 0 bridgehead atoms. The summed E-state index contributed by atoms with van der Waals surface area (Å²) in [6.07, 6.45) is -0.760. The Balaban J connectivity index is 2.03. The number of halogens is 3. The highest BCUT2D eigenvalue weighted by Gasteiger charge is 2.48. The third-order valence-electron chi connectivity index (χ3n) is 3.29. The van der Waals surface area contributed by atoms with E-state index in [1.165, 1.54) is 7.11 Å². The third-order valence-corrected chi connectivity index (χ3v) is 4.30. The average Bonchev–Trinajstić information content (AvgIpc) is 2.85. The van der Waals surface area contributed by atoms with Gasteiger partial charge in [0.2, 0.25) is 0 Å². The summed E-state index contributed by atoms with van der Waals surface area (Å²) >= 11 is 0. The Hall–Kier alpha value is -2.01. The maximum atomic E-state index is 12.3. The lowest BCUT2D eigenvalue weighted by atomic mass is 10.2. The van der Waals surface area contributed by atoms with Crippen molar-refractivity contribution < 1.29 is 40.0 Å². The molecule has 1 aliphatic heterocycles. The molecule has 11 heteroatoms. The van der Waals surface area contributed by atoms with Gasteiger partial charge in [-0.05, 0) is 17.7 Å². The van der Waals surface area contributed by atoms with E-state index in [1.807, 2.05) is 0 Å². The van der Waals surface area contributed by atoms with Crippen LogP contribution >= 0.6 is 0 Å². The van der Waals surface area contributed by atoms with Crippen LogP contribution in [-0.2, 0) is 25.6 Å². The first-order valence-corrected chi connectivity index (χ1v) is 8.07. The maximum absolute atomic E-state index is 12.3. The van der Waals surface area contributed by atoms with Gasteiger partial charge < -0.3 is 9.47 Å². The van der Waals surface area contributed by atoms with Crippen molar-refractivity contribution in [2.24, 2.45) is 0 Å². The van der Waals surface area contributed by atoms with Crippen LogP contribution in [0.2, 0.25) is 0 Å². The van der Waals surface area contributed by atoms with Crippen molar-refractivity contribution in [1.29, 1.82) is 0 Å². The molecule has 0 unspecified atom stereocenters. The SMILES string of the molecule is COc1ccc(CN2C(=O)OC[C@@H]2COS(=O)(=O)C(F)(F)F)cc1. The molecule has 1 amide bonds. The number of cyclic esters (lactones) is 1. The summed E-state index contributed by atoms with van der Waals surface area (Å²) in [6.45, 7) is -1.07. The zero-order chi connectivity index (χ0) is 18.0. The molecule has 7 nitrogen and oxygen atoms in total. The number of hydrogen-bond donors (Lipinski definition) is 0. The van der Waals surface area contributed by atoms with Crippen LogP contribution in [0.4, 0.5) is 18.0 Å². The number of ether oxygens (including phenoxy) is 2. The van der Waals surface area contributed by atoms with Crippen LogP contribution in [0.25, 0.3) is 0 Å². The predicted octanol–water partition coefficient (Wildman–Crippen LogP) is 1.88. The molecule has 24 heavy (non-hydrogen) atoms. The summed E-state index contributed by atoms with van der Waals surface area (Å²) in [5.74, 6) is 0.596. The summed E-state index contributed by atoms with van der Waals surface area (Å²) in [5, 5.41) is 0. The number of nitrogens with zero attached hydrogens (tertiary/aromatic N) is 1. The molecule has 1 aromatic carbocycles. The number of hydrogen-bond acceptors (Lipinski definition) is 6. The van der Waals surface area contributed by atoms with Gasteiger partial charge in [0, 0.05) is 6.54 Å². The number of rotatable bonds is 6. The van der Waals surface area contributed by atoms with Crippen LogP contribution in [-0.4, -0.2) is 51.3 Å². The number of benzene rings is 1. The Morgan fingerprint density at radius 2 is 1.92 bits per heavy atom. The van der Waals surface area contributed by atoms with E-state index in [-0.39, 0.29) is 13.2 Å². The summed E-state index contributed by atoms with van der Waals surface area (Å²) in [6, 6.07) is 5.67. The standard InChI is InChI=1S/C13H14F3NO6S/c1-21-11-4-2-9(3-5-11)6-17-10(7-22-12(17)18)8-23-24(19,20)13(14,15)16/h2-5,10H,6-8H2,1H3/t10-/m1/s1. The van der Waals surface area contributed by atoms with Gasteiger partial charge in [-0.2, -0.15) is 21.6 Å². The van der Waals surface area contributed by atoms with Crippen molar-refractivity contribution in [3.63, 3.8) is 0 Å². The molecule has 0 aliphatic carbocycles. The van der Waals surface area contributed by atoms with Gasteiger partial charge in [-0.1, -0.05) is 12.1 Å². The highest BCUT2D eigenvalue weighted by atomic mass is 32.2. The van der Waals surface area contributed by atoms with Gasteiger partial charge in [-0.25, -0.2) is 4.79 Å². The van der Waals surface area contributed by atoms with E-state index in [0.29, 0.717) is 11.3 Å². The number of methoxy groups -OCH3 is 1. The van der Waals surface area contributed by atoms with Crippen molar-refractivity contribution in [1.82, 2.24) is 4.90 Å². The number of carbonyl (C=O) groups is 1. The molecular weight excluding hydrogens is 355 g/mol. The molecule has 134 valence electrons. The highest BCUT2D eigenvalue weighted by Crippen LogP contribution is 2.26. The molecule has 1 aromatic rings. The lowest BCUT2D eigenvalue weighted by Crippen LogP contribution is -2.38. The summed E-state index contributed by atoms with van der Waals surface area (Å²) in [7, 11) is -4.23. The molecule has 1 fully saturated rings. The van der Waals surface area contributed by atoms with Gasteiger partial charge in [0.25, 0.3) is 0 Å². The zero-order valence-electron chi connectivity index (χ0n) is 12.4. The largest absolute Gasteiger partial charge is 0.523 e. The van der Waals surface area contributed by atoms with Crippen LogP contribution in [0.1, 0.15) is 5.56 Å². The van der Waals surface area contributed by atoms with Gasteiger partial charge in [-0.15, -0.1) is 0 Å². The second-order valence-corrected chi connectivity index (χ2v) is 6.50. The van der Waals surface area contributed by atoms with E-state index < -0.39 is 34.4 Å². The minimum atomic E-state index is -5.72. The van der Waals surface area contributed by atoms with Crippen LogP contribution < -0.4 is 4.74 Å². The van der Waals surface area contributed by atoms with Crippen molar-refractivity contribution in [2.75, 3.05) is 20.3 Å². The Kier molecular flexibility index (Phi) is 5.23. The molecule has 0 aromatic heterocycles. The molecule has 0 N–H and O–H groups in total. The van der Waals surface area contributed by atoms with E-state index in [4.69, 9.17) is 9.47 Å². The van der Waals surface area contributed by atoms with Crippen molar-refractivity contribution in [2.45, 2.75) is 18.1 Å². The molecular formula is C13H14F3NO6S. The van der Waals surface area contributed by atoms with Gasteiger partial charge in [0.15, 0.2) is 0 Å². The summed E-state index contributed by atoms with van der Waals surface area (Å²) < 4.78 is 72.4. The first kappa shape index (κ1) is 18.3. The molecule has 1 aliphatic rings. The molecule has 0 saturated carbocycles. The van der Waals surface area contributed by atoms with Gasteiger partial charge in [0.05, 0.1) is 19.8 Å². The number of amides is 1. The fourth-order valence-corrected chi connectivity index (χ4v) is 2.45. The Morgan fingerprint density at radius 1 is 1.29 bits per heavy atom. The average molecular weight is 369 g/mol. The van der Waals surface area contributed by atoms with E-state index in [9.17, 15) is 26.4 Å². The molecule has 1 atom stereocenters. The second-order valence-electron chi connectivity index (χ2n) is 4.89. The van der Waals surface area contributed by atoms with Crippen molar-refractivity contribution in [3.05, 3.63) is 29.8 Å². The molecule has 2 rings (SSSR count). The number of carbonyl (C=O) groups excluding carboxylic acids is 1. The predicted molar refractivity (Wildman–Crippen MR) is 74.6 cm³/mol. The normalized spacial score (nSPS) is 18.6. The van der Waals surface area contributed by atoms with E-state index in [0.717, 1.165) is 4.90 Å². The Bertz CT molecular complexity index is 689. The Morgan fingerprint density at radius 3 is 2.46 bits per heavy atom. The highest BCUT2D eigenvalue weighted by molar-refractivity contribution is 7.87. The molecule has 0 spiro atoms. The molecule has 1 saturated heterocycles. The second kappa shape index (κ2) is 6.85. The molecule has 0 radical (unpaired) electrons. The minimum Gasteiger partial charge on any atom is -0.497 e. The van der Waals surface area contributed by atoms with E-state index in [1.54, 1.807) is 24.3 Å². The summed E-state index contributed by atoms with van der Waals surface area (Å²) in [4.78, 5) is 12.8. The first-order valence-electron chi connectivity index (χ1n) is 6.66. The van der Waals surface area contributed by atoms with Crippen LogP contribution in [0.3, 0.4) is 0 Å². The van der Waals surface area contributed by atoms with Crippen LogP contribution in [0.5, 0.6) is 5.75 Å². The fraction of sp³-hybridized carbons (Fsp3) is 0.462. The maximum Gasteiger partial charge on any atom is 0.523 e. The minimum absolute atomic E-state index is 0.0307. The lowest BCUT2D eigenvalue weighted by molar-refractivity contribution is -0.0551. The summed E-state index contributed by atoms with van der Waals surface area (Å²) in [5.41, 5.74) is -4.85. The first-order chi connectivity index (χ1) is 11.1. The van der Waals surface area contributed by atoms with E-state index >= 15 is 0 Å². The number of alkyl halides is 3. The quantitative estimate of drug-likeness (QED) is 0.563. The molecule has 1 heterocycles. The van der Waals surface area contributed by atoms with E-state index in [2.05, 4.69) is 4.18 Å². The van der Waals surface area contributed by atoms with Gasteiger partial charge >= 0.3 is 21.7 Å². The van der Waals surface area contributed by atoms with Gasteiger partial charge in [-0.3, -0.25) is 9.08 Å². The topological polar surface area (TPSA) is 82.1 Å². The Labute approximate surface area is 136 Å². The van der Waals surface area contributed by atoms with Crippen molar-refractivity contribution in [3.8, 4) is 5.75 Å². The lowest BCUT2D eigenvalue weighted by Gasteiger charge is -2.21. The smallest absolute Gasteiger partial charge is 0.497 e. The van der Waals surface area contributed by atoms with Crippen LogP contribution in [0.15, 0.2) is 24.3 Å². The van der Waals surface area contributed by atoms with Gasteiger partial charge in [0.1, 0.15) is 12.4 Å².